The zero-order valence-corrected chi connectivity index (χ0v) is 14.6. The lowest BCUT2D eigenvalue weighted by atomic mass is 9.88. The van der Waals surface area contributed by atoms with Crippen LogP contribution in [0.1, 0.15) is 13.3 Å². The number of aliphatic hydroxyl groups excluding tert-OH is 4. The van der Waals surface area contributed by atoms with Gasteiger partial charge in [0.2, 0.25) is 5.91 Å². The quantitative estimate of drug-likeness (QED) is 0.318. The van der Waals surface area contributed by atoms with E-state index in [0.29, 0.717) is 0 Å². The largest absolute Gasteiger partial charge is 0.476 e. The van der Waals surface area contributed by atoms with Crippen molar-refractivity contribution in [2.45, 2.75) is 49.6 Å². The van der Waals surface area contributed by atoms with Crippen molar-refractivity contribution in [3.8, 4) is 5.75 Å². The molecule has 1 aromatic carbocycles. The third kappa shape index (κ3) is 4.73. The highest BCUT2D eigenvalue weighted by molar-refractivity contribution is 5.77. The van der Waals surface area contributed by atoms with E-state index in [1.807, 2.05) is 0 Å². The molecule has 1 heterocycles. The van der Waals surface area contributed by atoms with Crippen molar-refractivity contribution in [1.82, 2.24) is 5.32 Å². The molecule has 6 atom stereocenters. The molecule has 1 aliphatic rings. The number of ether oxygens (including phenoxy) is 2. The lowest BCUT2D eigenvalue weighted by molar-refractivity contribution is -0.284. The van der Waals surface area contributed by atoms with Gasteiger partial charge in [0.05, 0.1) is 25.2 Å². The Morgan fingerprint density at radius 1 is 1.33 bits per heavy atom. The number of para-hydroxylation sites is 1. The summed E-state index contributed by atoms with van der Waals surface area (Å²) in [5.74, 6) is -4.37. The van der Waals surface area contributed by atoms with E-state index in [-0.39, 0.29) is 5.75 Å². The zero-order valence-electron chi connectivity index (χ0n) is 14.6. The molecule has 0 bridgehead atoms. The van der Waals surface area contributed by atoms with E-state index in [1.54, 1.807) is 18.2 Å². The van der Waals surface area contributed by atoms with Crippen molar-refractivity contribution in [1.29, 1.82) is 0 Å². The Balaban J connectivity index is 2.39. The molecule has 0 saturated carbocycles. The topological polar surface area (TPSA) is 166 Å². The molecule has 0 aliphatic carbocycles. The van der Waals surface area contributed by atoms with Gasteiger partial charge in [-0.25, -0.2) is 4.79 Å². The number of nitrogens with one attached hydrogen (secondary N) is 1. The number of rotatable bonds is 7. The molecule has 1 saturated heterocycles. The first-order valence-electron chi connectivity index (χ1n) is 8.27. The fourth-order valence-electron chi connectivity index (χ4n) is 2.91. The highest BCUT2D eigenvalue weighted by Crippen LogP contribution is 2.34. The smallest absolute Gasteiger partial charge is 0.377 e. The van der Waals surface area contributed by atoms with Crippen molar-refractivity contribution >= 4 is 11.9 Å². The molecular weight excluding hydrogens is 362 g/mol. The van der Waals surface area contributed by atoms with Crippen LogP contribution in [0, 0.1) is 0 Å². The number of carboxylic acids is 1. The first kappa shape index (κ1) is 21.1. The number of aliphatic carboxylic acids is 1. The van der Waals surface area contributed by atoms with Crippen molar-refractivity contribution in [2.24, 2.45) is 0 Å². The van der Waals surface area contributed by atoms with E-state index in [9.17, 15) is 30.0 Å². The van der Waals surface area contributed by atoms with Crippen molar-refractivity contribution < 1.29 is 44.6 Å². The standard InChI is InChI=1S/C17H23NO9/c1-9(20)18-13-11(21)7-17(16(24)25,26-10-5-3-2-4-6-10)27-15(13)14(23)12(22)8-19/h2-6,11-15,19,21-23H,7-8H2,1H3,(H,18,20)(H,24,25)/t11-,12+,13+,14+,15+,17-/m0/s1. The number of hydrogen-bond acceptors (Lipinski definition) is 8. The highest BCUT2D eigenvalue weighted by Gasteiger charge is 2.56. The molecule has 1 fully saturated rings. The summed E-state index contributed by atoms with van der Waals surface area (Å²) >= 11 is 0. The van der Waals surface area contributed by atoms with Gasteiger partial charge in [-0.2, -0.15) is 0 Å². The predicted molar refractivity (Wildman–Crippen MR) is 89.6 cm³/mol. The van der Waals surface area contributed by atoms with Crippen molar-refractivity contribution in [3.63, 3.8) is 0 Å². The number of benzene rings is 1. The number of carboxylic acid groups (broad SMARTS) is 1. The predicted octanol–water partition coefficient (Wildman–Crippen LogP) is -1.79. The van der Waals surface area contributed by atoms with Crippen LogP contribution >= 0.6 is 0 Å². The summed E-state index contributed by atoms with van der Waals surface area (Å²) in [5.41, 5.74) is 0. The molecule has 0 radical (unpaired) electrons. The summed E-state index contributed by atoms with van der Waals surface area (Å²) in [7, 11) is 0. The van der Waals surface area contributed by atoms with Crippen LogP contribution in [0.15, 0.2) is 30.3 Å². The Hall–Kier alpha value is -2.24. The third-order valence-corrected chi connectivity index (χ3v) is 4.21. The normalized spacial score (nSPS) is 30.2. The van der Waals surface area contributed by atoms with Gasteiger partial charge in [0.15, 0.2) is 0 Å². The molecule has 1 aliphatic heterocycles. The van der Waals surface area contributed by atoms with E-state index in [2.05, 4.69) is 5.32 Å². The molecule has 2 rings (SSSR count). The minimum Gasteiger partial charge on any atom is -0.476 e. The monoisotopic (exact) mass is 385 g/mol. The van der Waals surface area contributed by atoms with E-state index < -0.39 is 61.1 Å². The summed E-state index contributed by atoms with van der Waals surface area (Å²) in [6.45, 7) is 0.321. The van der Waals surface area contributed by atoms with E-state index in [0.717, 1.165) is 6.92 Å². The van der Waals surface area contributed by atoms with Gasteiger partial charge in [0.1, 0.15) is 24.1 Å². The molecule has 0 unspecified atom stereocenters. The second-order valence-corrected chi connectivity index (χ2v) is 6.29. The molecule has 150 valence electrons. The number of carbonyl (C=O) groups is 2. The first-order valence-corrected chi connectivity index (χ1v) is 8.27. The van der Waals surface area contributed by atoms with E-state index >= 15 is 0 Å². The van der Waals surface area contributed by atoms with Gasteiger partial charge >= 0.3 is 11.8 Å². The molecule has 0 aromatic heterocycles. The Morgan fingerprint density at radius 3 is 2.48 bits per heavy atom. The minimum absolute atomic E-state index is 0.140. The van der Waals surface area contributed by atoms with Gasteiger partial charge in [-0.15, -0.1) is 0 Å². The summed E-state index contributed by atoms with van der Waals surface area (Å²) < 4.78 is 11.0. The van der Waals surface area contributed by atoms with Crippen molar-refractivity contribution in [3.05, 3.63) is 30.3 Å². The lowest BCUT2D eigenvalue weighted by Crippen LogP contribution is -2.68. The van der Waals surface area contributed by atoms with Crippen LogP contribution in [0.25, 0.3) is 0 Å². The minimum atomic E-state index is -2.38. The zero-order chi connectivity index (χ0) is 20.2. The fraction of sp³-hybridized carbons (Fsp3) is 0.529. The maximum absolute atomic E-state index is 11.9. The number of hydrogen-bond donors (Lipinski definition) is 6. The average molecular weight is 385 g/mol. The van der Waals surface area contributed by atoms with Crippen molar-refractivity contribution in [2.75, 3.05) is 6.61 Å². The van der Waals surface area contributed by atoms with Gasteiger partial charge in [0, 0.05) is 6.92 Å². The number of carbonyl (C=O) groups excluding carboxylic acids is 1. The van der Waals surface area contributed by atoms with Gasteiger partial charge in [-0.3, -0.25) is 4.79 Å². The van der Waals surface area contributed by atoms with Gasteiger partial charge in [0.25, 0.3) is 0 Å². The third-order valence-electron chi connectivity index (χ3n) is 4.21. The number of amides is 1. The molecule has 1 amide bonds. The summed E-state index contributed by atoms with van der Waals surface area (Å²) in [6.07, 6.45) is -7.10. The molecular formula is C17H23NO9. The summed E-state index contributed by atoms with van der Waals surface area (Å²) in [5, 5.41) is 51.6. The average Bonchev–Trinajstić information content (AvgIpc) is 2.62. The Morgan fingerprint density at radius 2 is 1.96 bits per heavy atom. The fourth-order valence-corrected chi connectivity index (χ4v) is 2.91. The maximum Gasteiger partial charge on any atom is 0.377 e. The van der Waals surface area contributed by atoms with Crippen LogP contribution < -0.4 is 10.1 Å². The summed E-state index contributed by atoms with van der Waals surface area (Å²) in [4.78, 5) is 23.4. The maximum atomic E-state index is 11.9. The van der Waals surface area contributed by atoms with Crippen LogP contribution in [-0.2, 0) is 14.3 Å². The SMILES string of the molecule is CC(=O)N[C@H]1[C@H]([C@H](O)[C@H](O)CO)O[C@](Oc2ccccc2)(C(=O)O)C[C@@H]1O. The Labute approximate surface area is 155 Å². The first-order chi connectivity index (χ1) is 12.7. The second kappa shape index (κ2) is 8.63. The van der Waals surface area contributed by atoms with Crippen LogP contribution in [0.4, 0.5) is 0 Å². The molecule has 27 heavy (non-hydrogen) atoms. The molecule has 6 N–H and O–H groups in total. The van der Waals surface area contributed by atoms with Crippen LogP contribution in [0.2, 0.25) is 0 Å². The van der Waals surface area contributed by atoms with E-state index in [4.69, 9.17) is 14.6 Å². The van der Waals surface area contributed by atoms with Gasteiger partial charge in [-0.1, -0.05) is 18.2 Å². The molecule has 10 nitrogen and oxygen atoms in total. The highest BCUT2D eigenvalue weighted by atomic mass is 16.7. The van der Waals surface area contributed by atoms with Gasteiger partial charge < -0.3 is 40.3 Å². The molecule has 1 aromatic rings. The second-order valence-electron chi connectivity index (χ2n) is 6.29. The lowest BCUT2D eigenvalue weighted by Gasteiger charge is -2.46. The molecule has 0 spiro atoms. The van der Waals surface area contributed by atoms with E-state index in [1.165, 1.54) is 12.1 Å². The Kier molecular flexibility index (Phi) is 6.73. The Bertz CT molecular complexity index is 655. The van der Waals surface area contributed by atoms with Crippen LogP contribution in [-0.4, -0.2) is 80.3 Å². The number of aliphatic hydroxyl groups is 4. The molecule has 10 heteroatoms. The van der Waals surface area contributed by atoms with Crippen LogP contribution in [0.5, 0.6) is 5.75 Å². The van der Waals surface area contributed by atoms with Crippen LogP contribution in [0.3, 0.4) is 0 Å². The van der Waals surface area contributed by atoms with Gasteiger partial charge in [-0.05, 0) is 12.1 Å². The summed E-state index contributed by atoms with van der Waals surface area (Å²) in [6, 6.07) is 6.62.